The van der Waals surface area contributed by atoms with Gasteiger partial charge in [0.1, 0.15) is 11.7 Å². The van der Waals surface area contributed by atoms with Gasteiger partial charge in [-0.25, -0.2) is 9.78 Å². The molecule has 2 N–H and O–H groups in total. The molecule has 2 saturated heterocycles. The van der Waals surface area contributed by atoms with Crippen molar-refractivity contribution in [3.05, 3.63) is 106 Å². The normalized spacial score (nSPS) is 17.9. The van der Waals surface area contributed by atoms with Gasteiger partial charge < -0.3 is 19.5 Å². The number of imide groups is 1. The summed E-state index contributed by atoms with van der Waals surface area (Å²) in [6.45, 7) is 7.20. The number of hydrogen-bond acceptors (Lipinski definition) is 9. The number of rotatable bonds is 17. The van der Waals surface area contributed by atoms with Crippen LogP contribution in [-0.4, -0.2) is 91.2 Å². The van der Waals surface area contributed by atoms with Gasteiger partial charge >= 0.3 is 18.0 Å². The summed E-state index contributed by atoms with van der Waals surface area (Å²) in [4.78, 5) is 51.3. The van der Waals surface area contributed by atoms with Crippen molar-refractivity contribution in [1.82, 2.24) is 38.8 Å². The van der Waals surface area contributed by atoms with Crippen molar-refractivity contribution >= 4 is 45.5 Å². The Hall–Kier alpha value is -6.05. The fourth-order valence-corrected chi connectivity index (χ4v) is 10.3. The first-order valence-electron chi connectivity index (χ1n) is 24.7. The van der Waals surface area contributed by atoms with E-state index in [0.717, 1.165) is 131 Å². The number of piperazine rings is 1. The number of nitrogens with zero attached hydrogens (tertiary/aromatic N) is 7. The fraction of sp³-hybridized carbons (Fsp3) is 0.481. The molecule has 3 aromatic carbocycles. The third-order valence-corrected chi connectivity index (χ3v) is 14.2. The van der Waals surface area contributed by atoms with Crippen LogP contribution in [0.1, 0.15) is 105 Å². The van der Waals surface area contributed by atoms with E-state index >= 15 is 0 Å². The summed E-state index contributed by atoms with van der Waals surface area (Å²) in [5.41, 5.74) is 2.65. The Bertz CT molecular complexity index is 2880. The lowest BCUT2D eigenvalue weighted by atomic mass is 9.95. The summed E-state index contributed by atoms with van der Waals surface area (Å²) in [5.74, 6) is -0.849. The van der Waals surface area contributed by atoms with E-state index in [1.165, 1.54) is 10.1 Å². The van der Waals surface area contributed by atoms with Crippen LogP contribution in [0, 0.1) is 0 Å². The highest BCUT2D eigenvalue weighted by Gasteiger charge is 2.37. The predicted molar refractivity (Wildman–Crippen MR) is 258 cm³/mol. The molecular formula is C52H59F6N9O4. The van der Waals surface area contributed by atoms with Gasteiger partial charge in [-0.1, -0.05) is 49.6 Å². The number of anilines is 2. The van der Waals surface area contributed by atoms with Crippen molar-refractivity contribution in [3.63, 3.8) is 0 Å². The summed E-state index contributed by atoms with van der Waals surface area (Å²) in [5, 5.41) is 5.72. The second-order valence-electron chi connectivity index (χ2n) is 19.2. The van der Waals surface area contributed by atoms with Crippen LogP contribution in [0.5, 0.6) is 0 Å². The molecular weight excluding hydrogens is 929 g/mol. The van der Waals surface area contributed by atoms with E-state index in [-0.39, 0.29) is 36.1 Å². The van der Waals surface area contributed by atoms with E-state index in [2.05, 4.69) is 60.4 Å². The topological polar surface area (TPSA) is 132 Å². The molecule has 1 aliphatic carbocycles. The predicted octanol–water partition coefficient (Wildman–Crippen LogP) is 9.95. The lowest BCUT2D eigenvalue weighted by Crippen LogP contribution is -2.46. The van der Waals surface area contributed by atoms with Crippen LogP contribution >= 0.6 is 0 Å². The number of halogens is 6. The second-order valence-corrected chi connectivity index (χ2v) is 19.2. The number of carbonyl (C=O) groups is 2. The fourth-order valence-electron chi connectivity index (χ4n) is 10.3. The minimum atomic E-state index is -4.98. The molecule has 71 heavy (non-hydrogen) atoms. The van der Waals surface area contributed by atoms with Crippen molar-refractivity contribution in [3.8, 4) is 11.1 Å². The smallest absolute Gasteiger partial charge is 0.381 e. The zero-order valence-electron chi connectivity index (χ0n) is 39.8. The second kappa shape index (κ2) is 21.3. The summed E-state index contributed by atoms with van der Waals surface area (Å²) in [6, 6.07) is 15.1. The Balaban J connectivity index is 0.717. The maximum atomic E-state index is 13.6. The highest BCUT2D eigenvalue weighted by molar-refractivity contribution is 6.00. The van der Waals surface area contributed by atoms with Crippen LogP contribution in [0.15, 0.2) is 77.9 Å². The Kier molecular flexibility index (Phi) is 15.0. The van der Waals surface area contributed by atoms with Gasteiger partial charge in [0.05, 0.1) is 22.2 Å². The molecule has 1 atom stereocenters. The largest absolute Gasteiger partial charge is 0.416 e. The lowest BCUT2D eigenvalue weighted by Gasteiger charge is -2.34. The van der Waals surface area contributed by atoms with Crippen molar-refractivity contribution in [2.24, 2.45) is 7.05 Å². The number of aryl methyl sites for hydroxylation is 2. The molecule has 378 valence electrons. The molecule has 3 aromatic heterocycles. The molecule has 9 rings (SSSR count). The number of alkyl halides is 6. The number of ether oxygens (including phenoxy) is 1. The maximum Gasteiger partial charge on any atom is 0.416 e. The van der Waals surface area contributed by atoms with Crippen LogP contribution in [-0.2, 0) is 46.7 Å². The van der Waals surface area contributed by atoms with Gasteiger partial charge in [-0.15, -0.1) is 0 Å². The Morgan fingerprint density at radius 3 is 2.15 bits per heavy atom. The monoisotopic (exact) mass is 987 g/mol. The van der Waals surface area contributed by atoms with E-state index in [4.69, 9.17) is 9.72 Å². The average Bonchev–Trinajstić information content (AvgIpc) is 3.84. The number of amides is 2. The van der Waals surface area contributed by atoms with Crippen LogP contribution in [0.25, 0.3) is 33.2 Å². The molecule has 0 radical (unpaired) electrons. The van der Waals surface area contributed by atoms with E-state index in [1.54, 1.807) is 17.8 Å². The molecule has 1 saturated carbocycles. The zero-order chi connectivity index (χ0) is 49.9. The standard InChI is InChI=1S/C52H59F6N9O4/c1-63-45-27-34(14-17-43(45)67(50(63)70)44-18-19-46(68)61-48(44)69)9-8-26-71-25-7-3-6-20-64-21-23-65(24-22-64)32-35-12-15-36(16-13-35)42-33-66(40-10-4-2-5-11-40)47-41(42)31-59-49(62-47)60-39-29-37(51(53,54)55)28-38(30-39)52(56,57)58/h12-17,27-31,33,40,44H,2-11,18-26,32H2,1H3,(H,59,60,62)(H,61,68,69). The first kappa shape index (κ1) is 49.9. The molecule has 5 heterocycles. The van der Waals surface area contributed by atoms with Gasteiger partial charge in [0.25, 0.3) is 0 Å². The number of benzene rings is 3. The SMILES string of the molecule is Cn1c(=O)n(C2CCC(=O)NC2=O)c2ccc(CCCOCCCCCN3CCN(Cc4ccc(-c5cn(C6CCCCC6)c6nc(Nc7cc(C(F)(F)F)cc(C(F)(F)F)c7)ncc56)cc4)CC3)cc21. The number of piperidine rings is 1. The number of imidazole rings is 1. The first-order chi connectivity index (χ1) is 34.1. The number of hydrogen-bond donors (Lipinski definition) is 2. The average molecular weight is 988 g/mol. The molecule has 2 aliphatic heterocycles. The minimum Gasteiger partial charge on any atom is -0.381 e. The highest BCUT2D eigenvalue weighted by atomic mass is 19.4. The van der Waals surface area contributed by atoms with Crippen LogP contribution in [0.3, 0.4) is 0 Å². The van der Waals surface area contributed by atoms with Gasteiger partial charge in [0, 0.05) is 94.5 Å². The third-order valence-electron chi connectivity index (χ3n) is 14.2. The number of unbranched alkanes of at least 4 members (excludes halogenated alkanes) is 2. The molecule has 13 nitrogen and oxygen atoms in total. The van der Waals surface area contributed by atoms with Crippen molar-refractivity contribution < 1.29 is 40.7 Å². The summed E-state index contributed by atoms with van der Waals surface area (Å²) < 4.78 is 92.7. The molecule has 3 aliphatic rings. The van der Waals surface area contributed by atoms with E-state index in [1.807, 2.05) is 18.2 Å². The molecule has 19 heteroatoms. The van der Waals surface area contributed by atoms with Gasteiger partial charge in [0.2, 0.25) is 17.8 Å². The molecule has 0 bridgehead atoms. The van der Waals surface area contributed by atoms with Crippen molar-refractivity contribution in [2.45, 2.75) is 108 Å². The molecule has 6 aromatic rings. The maximum absolute atomic E-state index is 13.6. The molecule has 3 fully saturated rings. The zero-order valence-corrected chi connectivity index (χ0v) is 39.8. The van der Waals surface area contributed by atoms with Crippen molar-refractivity contribution in [1.29, 1.82) is 0 Å². The number of carbonyl (C=O) groups excluding carboxylic acids is 2. The molecule has 1 unspecified atom stereocenters. The van der Waals surface area contributed by atoms with E-state index in [9.17, 15) is 40.7 Å². The third kappa shape index (κ3) is 11.7. The van der Waals surface area contributed by atoms with Gasteiger partial charge in [-0.05, 0) is 105 Å². The number of nitrogens with one attached hydrogen (secondary N) is 2. The van der Waals surface area contributed by atoms with Crippen LogP contribution in [0.4, 0.5) is 38.0 Å². The summed E-state index contributed by atoms with van der Waals surface area (Å²) in [6.07, 6.45) is 4.15. The van der Waals surface area contributed by atoms with E-state index < -0.39 is 41.1 Å². The Labute approximate surface area is 407 Å². The number of aromatic nitrogens is 5. The summed E-state index contributed by atoms with van der Waals surface area (Å²) >= 11 is 0. The van der Waals surface area contributed by atoms with Crippen molar-refractivity contribution in [2.75, 3.05) is 51.3 Å². The quantitative estimate of drug-likeness (QED) is 0.0521. The highest BCUT2D eigenvalue weighted by Crippen LogP contribution is 2.40. The lowest BCUT2D eigenvalue weighted by molar-refractivity contribution is -0.143. The van der Waals surface area contributed by atoms with Gasteiger partial charge in [-0.3, -0.25) is 28.9 Å². The Morgan fingerprint density at radius 1 is 0.761 bits per heavy atom. The first-order valence-corrected chi connectivity index (χ1v) is 24.7. The van der Waals surface area contributed by atoms with E-state index in [0.29, 0.717) is 42.9 Å². The Morgan fingerprint density at radius 2 is 1.45 bits per heavy atom. The van der Waals surface area contributed by atoms with Crippen LogP contribution < -0.4 is 16.3 Å². The summed E-state index contributed by atoms with van der Waals surface area (Å²) in [7, 11) is 1.70. The minimum absolute atomic E-state index is 0.0937. The number of fused-ring (bicyclic) bond motifs is 2. The molecule has 0 spiro atoms. The molecule has 2 amide bonds. The van der Waals surface area contributed by atoms with Gasteiger partial charge in [0.15, 0.2) is 0 Å². The van der Waals surface area contributed by atoms with Gasteiger partial charge in [-0.2, -0.15) is 31.3 Å². The van der Waals surface area contributed by atoms with Crippen LogP contribution in [0.2, 0.25) is 0 Å².